The van der Waals surface area contributed by atoms with Crippen molar-refractivity contribution in [2.45, 2.75) is 11.3 Å². The fraction of sp³-hybridized carbons (Fsp3) is 0.167. The summed E-state index contributed by atoms with van der Waals surface area (Å²) in [4.78, 5) is 1.52. The van der Waals surface area contributed by atoms with E-state index in [2.05, 4.69) is 10.1 Å². The molecule has 0 aliphatic rings. The zero-order valence-corrected chi connectivity index (χ0v) is 7.73. The standard InChI is InChI=1S/C6H4F4N2O2S/c7-3-2(15(11,13)14)1-12-5(4(3)8)6(9)10/h1,6H,(H2,11,13,14). The van der Waals surface area contributed by atoms with Crippen LogP contribution in [-0.4, -0.2) is 13.4 Å². The molecule has 1 rings (SSSR count). The molecule has 0 aliphatic carbocycles. The molecule has 2 N–H and O–H groups in total. The second-order valence-electron chi connectivity index (χ2n) is 2.48. The van der Waals surface area contributed by atoms with Crippen LogP contribution in [0.4, 0.5) is 17.6 Å². The minimum atomic E-state index is -4.52. The van der Waals surface area contributed by atoms with Gasteiger partial charge in [0.25, 0.3) is 6.43 Å². The second-order valence-corrected chi connectivity index (χ2v) is 4.01. The highest BCUT2D eigenvalue weighted by Crippen LogP contribution is 2.24. The maximum atomic E-state index is 12.9. The van der Waals surface area contributed by atoms with E-state index in [-0.39, 0.29) is 6.20 Å². The van der Waals surface area contributed by atoms with E-state index in [1.807, 2.05) is 0 Å². The van der Waals surface area contributed by atoms with Gasteiger partial charge in [-0.2, -0.15) is 0 Å². The van der Waals surface area contributed by atoms with Crippen LogP contribution in [0.1, 0.15) is 12.1 Å². The molecule has 0 saturated heterocycles. The van der Waals surface area contributed by atoms with Crippen LogP contribution in [0.15, 0.2) is 11.1 Å². The number of alkyl halides is 2. The first-order chi connectivity index (χ1) is 6.75. The largest absolute Gasteiger partial charge is 0.283 e. The van der Waals surface area contributed by atoms with Gasteiger partial charge in [0.1, 0.15) is 10.6 Å². The Kier molecular flexibility index (Phi) is 2.95. The van der Waals surface area contributed by atoms with E-state index in [1.54, 1.807) is 0 Å². The minimum absolute atomic E-state index is 0.245. The molecule has 84 valence electrons. The highest BCUT2D eigenvalue weighted by molar-refractivity contribution is 7.89. The highest BCUT2D eigenvalue weighted by atomic mass is 32.2. The number of rotatable bonds is 2. The van der Waals surface area contributed by atoms with Crippen molar-refractivity contribution in [1.29, 1.82) is 0 Å². The summed E-state index contributed by atoms with van der Waals surface area (Å²) in [7, 11) is -4.52. The van der Waals surface area contributed by atoms with Crippen LogP contribution in [0.2, 0.25) is 0 Å². The van der Waals surface area contributed by atoms with Gasteiger partial charge in [0.15, 0.2) is 11.6 Å². The third-order valence-corrected chi connectivity index (χ3v) is 2.37. The van der Waals surface area contributed by atoms with Crippen molar-refractivity contribution < 1.29 is 26.0 Å². The van der Waals surface area contributed by atoms with Crippen LogP contribution in [0.5, 0.6) is 0 Å². The molecule has 0 unspecified atom stereocenters. The van der Waals surface area contributed by atoms with E-state index in [0.29, 0.717) is 0 Å². The molecule has 0 saturated carbocycles. The van der Waals surface area contributed by atoms with Crippen molar-refractivity contribution >= 4 is 10.0 Å². The molecule has 15 heavy (non-hydrogen) atoms. The number of pyridine rings is 1. The monoisotopic (exact) mass is 244 g/mol. The van der Waals surface area contributed by atoms with E-state index in [0.717, 1.165) is 0 Å². The molecule has 1 aromatic rings. The predicted octanol–water partition coefficient (Wildman–Crippen LogP) is 0.945. The zero-order chi connectivity index (χ0) is 11.8. The van der Waals surface area contributed by atoms with Gasteiger partial charge in [-0.25, -0.2) is 31.1 Å². The zero-order valence-electron chi connectivity index (χ0n) is 6.92. The topological polar surface area (TPSA) is 73.1 Å². The first kappa shape index (κ1) is 11.9. The van der Waals surface area contributed by atoms with Crippen molar-refractivity contribution in [3.05, 3.63) is 23.5 Å². The summed E-state index contributed by atoms with van der Waals surface area (Å²) in [5.41, 5.74) is -1.46. The summed E-state index contributed by atoms with van der Waals surface area (Å²) in [5.74, 6) is -3.97. The van der Waals surface area contributed by atoms with Crippen molar-refractivity contribution in [1.82, 2.24) is 4.98 Å². The maximum Gasteiger partial charge on any atom is 0.283 e. The summed E-state index contributed by atoms with van der Waals surface area (Å²) >= 11 is 0. The highest BCUT2D eigenvalue weighted by Gasteiger charge is 2.25. The summed E-state index contributed by atoms with van der Waals surface area (Å²) in [6.45, 7) is 0. The second kappa shape index (κ2) is 3.74. The van der Waals surface area contributed by atoms with E-state index in [1.165, 1.54) is 0 Å². The molecule has 4 nitrogen and oxygen atoms in total. The Bertz CT molecular complexity index is 488. The van der Waals surface area contributed by atoms with E-state index in [9.17, 15) is 26.0 Å². The summed E-state index contributed by atoms with van der Waals surface area (Å²) in [5, 5.41) is 4.49. The van der Waals surface area contributed by atoms with Crippen LogP contribution in [0.25, 0.3) is 0 Å². The Morgan fingerprint density at radius 3 is 2.20 bits per heavy atom. The quantitative estimate of drug-likeness (QED) is 0.787. The summed E-state index contributed by atoms with van der Waals surface area (Å²) in [6.07, 6.45) is -3.09. The third-order valence-electron chi connectivity index (χ3n) is 1.47. The van der Waals surface area contributed by atoms with Crippen LogP contribution in [0.3, 0.4) is 0 Å². The number of sulfonamides is 1. The minimum Gasteiger partial charge on any atom is -0.251 e. The number of nitrogens with two attached hydrogens (primary N) is 1. The molecular weight excluding hydrogens is 240 g/mol. The van der Waals surface area contributed by atoms with Crippen molar-refractivity contribution in [3.63, 3.8) is 0 Å². The molecule has 9 heteroatoms. The SMILES string of the molecule is NS(=O)(=O)c1cnc(C(F)F)c(F)c1F. The van der Waals surface area contributed by atoms with E-state index >= 15 is 0 Å². The summed E-state index contributed by atoms with van der Waals surface area (Å²) < 4.78 is 71.0. The molecule has 0 aromatic carbocycles. The molecule has 1 aromatic heterocycles. The number of aromatic nitrogens is 1. The Labute approximate surface area is 81.8 Å². The van der Waals surface area contributed by atoms with Gasteiger partial charge in [-0.3, -0.25) is 4.98 Å². The first-order valence-electron chi connectivity index (χ1n) is 3.40. The number of primary sulfonamides is 1. The predicted molar refractivity (Wildman–Crippen MR) is 40.5 cm³/mol. The van der Waals surface area contributed by atoms with Gasteiger partial charge in [-0.1, -0.05) is 0 Å². The lowest BCUT2D eigenvalue weighted by Gasteiger charge is -2.04. The smallest absolute Gasteiger partial charge is 0.251 e. The molecule has 0 aliphatic heterocycles. The van der Waals surface area contributed by atoms with Crippen LogP contribution < -0.4 is 5.14 Å². The molecular formula is C6H4F4N2O2S. The van der Waals surface area contributed by atoms with Gasteiger partial charge in [0.2, 0.25) is 10.0 Å². The van der Waals surface area contributed by atoms with Crippen molar-refractivity contribution in [3.8, 4) is 0 Å². The van der Waals surface area contributed by atoms with Crippen LogP contribution >= 0.6 is 0 Å². The van der Waals surface area contributed by atoms with Gasteiger partial charge in [-0.05, 0) is 0 Å². The number of halogens is 4. The number of nitrogens with zero attached hydrogens (tertiary/aromatic N) is 1. The van der Waals surface area contributed by atoms with Gasteiger partial charge >= 0.3 is 0 Å². The molecule has 0 fully saturated rings. The van der Waals surface area contributed by atoms with Gasteiger partial charge in [-0.15, -0.1) is 0 Å². The van der Waals surface area contributed by atoms with Crippen molar-refractivity contribution in [2.75, 3.05) is 0 Å². The first-order valence-corrected chi connectivity index (χ1v) is 4.94. The van der Waals surface area contributed by atoms with Gasteiger partial charge in [0.05, 0.1) is 6.20 Å². The Morgan fingerprint density at radius 1 is 1.27 bits per heavy atom. The van der Waals surface area contributed by atoms with Crippen LogP contribution in [-0.2, 0) is 10.0 Å². The molecule has 0 bridgehead atoms. The van der Waals surface area contributed by atoms with E-state index in [4.69, 9.17) is 0 Å². The molecule has 0 spiro atoms. The average Bonchev–Trinajstić information content (AvgIpc) is 2.06. The van der Waals surface area contributed by atoms with E-state index < -0.39 is 38.7 Å². The Hall–Kier alpha value is -1.22. The Morgan fingerprint density at radius 2 is 1.80 bits per heavy atom. The maximum absolute atomic E-state index is 12.9. The Balaban J connectivity index is 3.48. The normalized spacial score (nSPS) is 12.1. The number of hydrogen-bond donors (Lipinski definition) is 1. The molecule has 1 heterocycles. The molecule has 0 amide bonds. The lowest BCUT2D eigenvalue weighted by Crippen LogP contribution is -2.16. The van der Waals surface area contributed by atoms with Gasteiger partial charge in [0, 0.05) is 0 Å². The fourth-order valence-electron chi connectivity index (χ4n) is 0.813. The van der Waals surface area contributed by atoms with Gasteiger partial charge < -0.3 is 0 Å². The fourth-order valence-corrected chi connectivity index (χ4v) is 1.35. The van der Waals surface area contributed by atoms with Crippen molar-refractivity contribution in [2.24, 2.45) is 5.14 Å². The average molecular weight is 244 g/mol. The summed E-state index contributed by atoms with van der Waals surface area (Å²) in [6, 6.07) is 0. The van der Waals surface area contributed by atoms with Crippen LogP contribution in [0, 0.1) is 11.6 Å². The lowest BCUT2D eigenvalue weighted by molar-refractivity contribution is 0.138. The number of hydrogen-bond acceptors (Lipinski definition) is 3. The third kappa shape index (κ3) is 2.23. The molecule has 0 atom stereocenters. The molecule has 0 radical (unpaired) electrons. The lowest BCUT2D eigenvalue weighted by atomic mass is 10.3.